The predicted octanol–water partition coefficient (Wildman–Crippen LogP) is 2.17. The Labute approximate surface area is 51.7 Å². The van der Waals surface area contributed by atoms with Crippen LogP contribution in [-0.4, -0.2) is 5.75 Å². The van der Waals surface area contributed by atoms with Crippen LogP contribution in [0.4, 0.5) is 0 Å². The van der Waals surface area contributed by atoms with E-state index in [1.54, 1.807) is 0 Å². The van der Waals surface area contributed by atoms with Gasteiger partial charge in [0.15, 0.2) is 0 Å². The van der Waals surface area contributed by atoms with Crippen LogP contribution in [0.1, 0.15) is 19.8 Å². The highest BCUT2D eigenvalue weighted by Gasteiger charge is 1.93. The van der Waals surface area contributed by atoms with E-state index < -0.39 is 0 Å². The van der Waals surface area contributed by atoms with Crippen molar-refractivity contribution < 1.29 is 0 Å². The van der Waals surface area contributed by atoms with Crippen molar-refractivity contribution in [1.29, 1.82) is 0 Å². The lowest BCUT2D eigenvalue weighted by atomic mass is 10.1. The van der Waals surface area contributed by atoms with Crippen molar-refractivity contribution in [3.63, 3.8) is 0 Å². The van der Waals surface area contributed by atoms with Crippen molar-refractivity contribution in [3.8, 4) is 0 Å². The predicted molar refractivity (Wildman–Crippen MR) is 37.6 cm³/mol. The van der Waals surface area contributed by atoms with Gasteiger partial charge in [-0.15, -0.1) is 0 Å². The van der Waals surface area contributed by atoms with Crippen LogP contribution < -0.4 is 0 Å². The van der Waals surface area contributed by atoms with Crippen molar-refractivity contribution >= 4 is 12.6 Å². The van der Waals surface area contributed by atoms with Gasteiger partial charge in [0.1, 0.15) is 0 Å². The third-order valence-electron chi connectivity index (χ3n) is 0.955. The first-order valence-corrected chi connectivity index (χ1v) is 3.38. The SMILES string of the molecule is [CH2]C(CS)CCC. The second-order valence-electron chi connectivity index (χ2n) is 1.84. The molecule has 0 aliphatic rings. The van der Waals surface area contributed by atoms with Crippen LogP contribution in [0.2, 0.25) is 0 Å². The van der Waals surface area contributed by atoms with Gasteiger partial charge >= 0.3 is 0 Å². The van der Waals surface area contributed by atoms with Crippen LogP contribution in [0.25, 0.3) is 0 Å². The highest BCUT2D eigenvalue weighted by Crippen LogP contribution is 2.04. The first kappa shape index (κ1) is 7.35. The maximum atomic E-state index is 4.09. The van der Waals surface area contributed by atoms with E-state index in [0.29, 0.717) is 5.92 Å². The zero-order chi connectivity index (χ0) is 5.70. The van der Waals surface area contributed by atoms with E-state index in [2.05, 4.69) is 26.5 Å². The van der Waals surface area contributed by atoms with Crippen LogP contribution in [0, 0.1) is 12.8 Å². The zero-order valence-corrected chi connectivity index (χ0v) is 5.75. The molecular formula is C6H13S. The Balaban J connectivity index is 2.83. The molecule has 0 saturated heterocycles. The maximum absolute atomic E-state index is 4.09. The third-order valence-corrected chi connectivity index (χ3v) is 1.47. The molecule has 0 fully saturated rings. The minimum Gasteiger partial charge on any atom is -0.179 e. The second-order valence-corrected chi connectivity index (χ2v) is 2.20. The van der Waals surface area contributed by atoms with Gasteiger partial charge in [0.25, 0.3) is 0 Å². The lowest BCUT2D eigenvalue weighted by molar-refractivity contribution is 0.641. The Kier molecular flexibility index (Phi) is 4.73. The van der Waals surface area contributed by atoms with Gasteiger partial charge in [-0.25, -0.2) is 0 Å². The van der Waals surface area contributed by atoms with Gasteiger partial charge in [-0.05, 0) is 25.0 Å². The molecule has 0 spiro atoms. The van der Waals surface area contributed by atoms with E-state index in [0.717, 1.165) is 5.75 Å². The summed E-state index contributed by atoms with van der Waals surface area (Å²) in [4.78, 5) is 0. The molecule has 0 amide bonds. The number of hydrogen-bond donors (Lipinski definition) is 1. The molecule has 0 N–H and O–H groups in total. The molecule has 43 valence electrons. The van der Waals surface area contributed by atoms with Gasteiger partial charge in [0.05, 0.1) is 0 Å². The Morgan fingerprint density at radius 1 is 1.71 bits per heavy atom. The molecule has 1 heteroatoms. The van der Waals surface area contributed by atoms with Gasteiger partial charge < -0.3 is 0 Å². The summed E-state index contributed by atoms with van der Waals surface area (Å²) in [5.41, 5.74) is 0. The summed E-state index contributed by atoms with van der Waals surface area (Å²) in [6.07, 6.45) is 2.44. The topological polar surface area (TPSA) is 0 Å². The summed E-state index contributed by atoms with van der Waals surface area (Å²) in [7, 11) is 0. The normalized spacial score (nSPS) is 14.1. The average molecular weight is 117 g/mol. The fraction of sp³-hybridized carbons (Fsp3) is 0.833. The summed E-state index contributed by atoms with van der Waals surface area (Å²) < 4.78 is 0. The lowest BCUT2D eigenvalue weighted by Crippen LogP contribution is -1.93. The van der Waals surface area contributed by atoms with Gasteiger partial charge in [-0.2, -0.15) is 12.6 Å². The number of hydrogen-bond acceptors (Lipinski definition) is 1. The van der Waals surface area contributed by atoms with E-state index in [1.165, 1.54) is 12.8 Å². The summed E-state index contributed by atoms with van der Waals surface area (Å²) in [6.45, 7) is 6.04. The van der Waals surface area contributed by atoms with Gasteiger partial charge in [0.2, 0.25) is 0 Å². The smallest absolute Gasteiger partial charge is 0.00695 e. The highest BCUT2D eigenvalue weighted by molar-refractivity contribution is 7.80. The van der Waals surface area contributed by atoms with Gasteiger partial charge in [-0.1, -0.05) is 13.3 Å². The molecule has 1 atom stereocenters. The molecule has 0 heterocycles. The molecule has 7 heavy (non-hydrogen) atoms. The standard InChI is InChI=1S/C6H13S/c1-3-4-6(2)5-7/h6-7H,2-5H2,1H3. The second kappa shape index (κ2) is 4.51. The van der Waals surface area contributed by atoms with Gasteiger partial charge in [-0.3, -0.25) is 0 Å². The largest absolute Gasteiger partial charge is 0.179 e. The zero-order valence-electron chi connectivity index (χ0n) is 4.85. The molecule has 0 aromatic rings. The summed E-state index contributed by atoms with van der Waals surface area (Å²) in [6, 6.07) is 0. The van der Waals surface area contributed by atoms with Crippen LogP contribution in [-0.2, 0) is 0 Å². The van der Waals surface area contributed by atoms with Crippen molar-refractivity contribution in [1.82, 2.24) is 0 Å². The lowest BCUT2D eigenvalue weighted by Gasteiger charge is -2.01. The van der Waals surface area contributed by atoms with Crippen LogP contribution in [0.3, 0.4) is 0 Å². The minimum atomic E-state index is 0.563. The summed E-state index contributed by atoms with van der Waals surface area (Å²) in [5, 5.41) is 0. The number of rotatable bonds is 3. The third kappa shape index (κ3) is 4.20. The molecule has 0 aromatic heterocycles. The fourth-order valence-electron chi connectivity index (χ4n) is 0.500. The number of thiol groups is 1. The van der Waals surface area contributed by atoms with Crippen molar-refractivity contribution in [2.24, 2.45) is 5.92 Å². The van der Waals surface area contributed by atoms with E-state index in [1.807, 2.05) is 0 Å². The first-order valence-electron chi connectivity index (χ1n) is 2.75. The molecule has 0 aromatic carbocycles. The molecule has 1 radical (unpaired) electrons. The Bertz CT molecular complexity index is 35.2. The van der Waals surface area contributed by atoms with Crippen LogP contribution in [0.5, 0.6) is 0 Å². The Hall–Kier alpha value is 0.350. The molecule has 0 rings (SSSR count). The molecule has 0 saturated carbocycles. The first-order chi connectivity index (χ1) is 3.31. The molecule has 1 unspecified atom stereocenters. The van der Waals surface area contributed by atoms with Crippen molar-refractivity contribution in [2.75, 3.05) is 5.75 Å². The minimum absolute atomic E-state index is 0.563. The molecule has 0 aliphatic carbocycles. The molecule has 0 nitrogen and oxygen atoms in total. The van der Waals surface area contributed by atoms with E-state index >= 15 is 0 Å². The quantitative estimate of drug-likeness (QED) is 0.538. The Morgan fingerprint density at radius 2 is 2.29 bits per heavy atom. The van der Waals surface area contributed by atoms with E-state index in [-0.39, 0.29) is 0 Å². The van der Waals surface area contributed by atoms with E-state index in [4.69, 9.17) is 0 Å². The summed E-state index contributed by atoms with van der Waals surface area (Å²) >= 11 is 4.09. The average Bonchev–Trinajstić information content (AvgIpc) is 1.68. The Morgan fingerprint density at radius 3 is 2.43 bits per heavy atom. The maximum Gasteiger partial charge on any atom is -0.00695 e. The highest BCUT2D eigenvalue weighted by atomic mass is 32.1. The molecular weight excluding hydrogens is 104 g/mol. The van der Waals surface area contributed by atoms with Gasteiger partial charge in [0, 0.05) is 0 Å². The van der Waals surface area contributed by atoms with Crippen LogP contribution >= 0.6 is 12.6 Å². The van der Waals surface area contributed by atoms with Crippen molar-refractivity contribution in [3.05, 3.63) is 6.92 Å². The fourth-order valence-corrected chi connectivity index (χ4v) is 0.682. The van der Waals surface area contributed by atoms with Crippen molar-refractivity contribution in [2.45, 2.75) is 19.8 Å². The van der Waals surface area contributed by atoms with Crippen LogP contribution in [0.15, 0.2) is 0 Å². The molecule has 0 aliphatic heterocycles. The summed E-state index contributed by atoms with van der Waals surface area (Å²) in [5.74, 6) is 1.49. The molecule has 0 bridgehead atoms. The monoisotopic (exact) mass is 117 g/mol. The van der Waals surface area contributed by atoms with E-state index in [9.17, 15) is 0 Å².